The summed E-state index contributed by atoms with van der Waals surface area (Å²) >= 11 is 0. The minimum Gasteiger partial charge on any atom is -0.358 e. The SMILES string of the molecule is O=C1CCc2[nH]c3ccccc3c21.c1ccc2c3c([nH]c2c1)CCC3. The molecule has 0 saturated heterocycles. The highest BCUT2D eigenvalue weighted by molar-refractivity contribution is 6.11. The second-order valence-electron chi connectivity index (χ2n) is 6.93. The van der Waals surface area contributed by atoms with Crippen molar-refractivity contribution in [2.45, 2.75) is 32.1 Å². The largest absolute Gasteiger partial charge is 0.358 e. The van der Waals surface area contributed by atoms with E-state index in [0.717, 1.165) is 28.6 Å². The predicted molar refractivity (Wildman–Crippen MR) is 101 cm³/mol. The number of hydrogen-bond acceptors (Lipinski definition) is 1. The van der Waals surface area contributed by atoms with E-state index in [-0.39, 0.29) is 5.78 Å². The Morgan fingerprint density at radius 1 is 0.680 bits per heavy atom. The summed E-state index contributed by atoms with van der Waals surface area (Å²) in [5.74, 6) is 0.285. The van der Waals surface area contributed by atoms with Gasteiger partial charge in [0.15, 0.2) is 5.78 Å². The lowest BCUT2D eigenvalue weighted by atomic mass is 10.1. The Morgan fingerprint density at radius 2 is 1.36 bits per heavy atom. The minimum absolute atomic E-state index is 0.285. The second-order valence-corrected chi connectivity index (χ2v) is 6.93. The van der Waals surface area contributed by atoms with Crippen LogP contribution in [-0.4, -0.2) is 15.8 Å². The number of para-hydroxylation sites is 2. The summed E-state index contributed by atoms with van der Waals surface area (Å²) < 4.78 is 0. The van der Waals surface area contributed by atoms with Gasteiger partial charge in [0, 0.05) is 45.2 Å². The number of carbonyl (C=O) groups is 1. The number of benzene rings is 2. The average Bonchev–Trinajstić information content (AvgIpc) is 3.36. The number of H-pyrrole nitrogens is 2. The second kappa shape index (κ2) is 5.62. The lowest BCUT2D eigenvalue weighted by Gasteiger charge is -1.90. The van der Waals surface area contributed by atoms with Crippen LogP contribution in [0.3, 0.4) is 0 Å². The lowest BCUT2D eigenvalue weighted by molar-refractivity contribution is 0.0996. The summed E-state index contributed by atoms with van der Waals surface area (Å²) in [4.78, 5) is 18.3. The van der Waals surface area contributed by atoms with Gasteiger partial charge in [-0.2, -0.15) is 0 Å². The number of aromatic nitrogens is 2. The molecule has 0 fully saturated rings. The van der Waals surface area contributed by atoms with Gasteiger partial charge in [-0.05, 0) is 43.4 Å². The first-order chi connectivity index (χ1) is 12.3. The number of fused-ring (bicyclic) bond motifs is 6. The smallest absolute Gasteiger partial charge is 0.165 e. The van der Waals surface area contributed by atoms with E-state index in [0.29, 0.717) is 6.42 Å². The van der Waals surface area contributed by atoms with Gasteiger partial charge in [-0.1, -0.05) is 36.4 Å². The molecule has 0 spiro atoms. The number of carbonyl (C=O) groups excluding carboxylic acids is 1. The van der Waals surface area contributed by atoms with Crippen molar-refractivity contribution in [1.29, 1.82) is 0 Å². The van der Waals surface area contributed by atoms with Gasteiger partial charge in [-0.3, -0.25) is 4.79 Å². The summed E-state index contributed by atoms with van der Waals surface area (Å²) in [6, 6.07) is 16.6. The van der Waals surface area contributed by atoms with E-state index in [1.807, 2.05) is 24.3 Å². The van der Waals surface area contributed by atoms with Crippen molar-refractivity contribution in [3.63, 3.8) is 0 Å². The Labute approximate surface area is 146 Å². The highest BCUT2D eigenvalue weighted by atomic mass is 16.1. The maximum Gasteiger partial charge on any atom is 0.165 e. The van der Waals surface area contributed by atoms with E-state index in [4.69, 9.17) is 0 Å². The van der Waals surface area contributed by atoms with Gasteiger partial charge in [-0.25, -0.2) is 0 Å². The molecule has 124 valence electrons. The molecule has 0 amide bonds. The van der Waals surface area contributed by atoms with Crippen molar-refractivity contribution in [3.8, 4) is 0 Å². The highest BCUT2D eigenvalue weighted by Crippen LogP contribution is 2.30. The van der Waals surface area contributed by atoms with Gasteiger partial charge in [0.1, 0.15) is 0 Å². The van der Waals surface area contributed by atoms with Crippen molar-refractivity contribution < 1.29 is 4.79 Å². The molecule has 4 aromatic rings. The third kappa shape index (κ3) is 2.30. The lowest BCUT2D eigenvalue weighted by Crippen LogP contribution is -1.89. The maximum atomic E-state index is 11.5. The Kier molecular flexibility index (Phi) is 3.27. The zero-order chi connectivity index (χ0) is 16.8. The molecule has 0 radical (unpaired) electrons. The molecule has 2 aliphatic carbocycles. The van der Waals surface area contributed by atoms with E-state index in [1.54, 1.807) is 5.56 Å². The molecule has 0 saturated carbocycles. The summed E-state index contributed by atoms with van der Waals surface area (Å²) in [6.45, 7) is 0. The Hall–Kier alpha value is -2.81. The first-order valence-electron chi connectivity index (χ1n) is 9.02. The molecule has 0 aliphatic heterocycles. The van der Waals surface area contributed by atoms with Crippen LogP contribution < -0.4 is 0 Å². The van der Waals surface area contributed by atoms with Crippen LogP contribution >= 0.6 is 0 Å². The zero-order valence-corrected chi connectivity index (χ0v) is 14.1. The fraction of sp³-hybridized carbons (Fsp3) is 0.227. The monoisotopic (exact) mass is 328 g/mol. The summed E-state index contributed by atoms with van der Waals surface area (Å²) in [5.41, 5.74) is 7.46. The molecule has 3 nitrogen and oxygen atoms in total. The maximum absolute atomic E-state index is 11.5. The number of aryl methyl sites for hydroxylation is 3. The van der Waals surface area contributed by atoms with Crippen LogP contribution in [0.1, 0.15) is 40.2 Å². The molecular formula is C22H20N2O. The Morgan fingerprint density at radius 3 is 2.20 bits per heavy atom. The summed E-state index contributed by atoms with van der Waals surface area (Å²) in [6.07, 6.45) is 5.38. The molecule has 0 unspecified atom stereocenters. The van der Waals surface area contributed by atoms with Crippen LogP contribution in [0, 0.1) is 0 Å². The third-order valence-electron chi connectivity index (χ3n) is 5.42. The van der Waals surface area contributed by atoms with Crippen molar-refractivity contribution in [1.82, 2.24) is 9.97 Å². The van der Waals surface area contributed by atoms with Crippen LogP contribution in [0.2, 0.25) is 0 Å². The molecule has 2 aromatic carbocycles. The molecule has 2 N–H and O–H groups in total. The van der Waals surface area contributed by atoms with Gasteiger partial charge < -0.3 is 9.97 Å². The van der Waals surface area contributed by atoms with Crippen molar-refractivity contribution in [2.24, 2.45) is 0 Å². The molecule has 2 heterocycles. The minimum atomic E-state index is 0.285. The fourth-order valence-corrected chi connectivity index (χ4v) is 4.26. The van der Waals surface area contributed by atoms with E-state index in [9.17, 15) is 4.79 Å². The Balaban J connectivity index is 0.000000112. The molecule has 0 bridgehead atoms. The average molecular weight is 328 g/mol. The zero-order valence-electron chi connectivity index (χ0n) is 14.1. The quantitative estimate of drug-likeness (QED) is 0.471. The van der Waals surface area contributed by atoms with Crippen molar-refractivity contribution in [3.05, 3.63) is 71.0 Å². The molecule has 6 rings (SSSR count). The van der Waals surface area contributed by atoms with Crippen LogP contribution in [0.15, 0.2) is 48.5 Å². The molecule has 25 heavy (non-hydrogen) atoms. The normalized spacial score (nSPS) is 15.3. The van der Waals surface area contributed by atoms with Crippen LogP contribution in [0.4, 0.5) is 0 Å². The molecule has 0 atom stereocenters. The first kappa shape index (κ1) is 14.5. The molecular weight excluding hydrogens is 308 g/mol. The first-order valence-corrected chi connectivity index (χ1v) is 9.02. The van der Waals surface area contributed by atoms with Crippen LogP contribution in [-0.2, 0) is 19.3 Å². The molecule has 2 aromatic heterocycles. The van der Waals surface area contributed by atoms with Gasteiger partial charge >= 0.3 is 0 Å². The van der Waals surface area contributed by atoms with Gasteiger partial charge in [-0.15, -0.1) is 0 Å². The number of hydrogen-bond donors (Lipinski definition) is 2. The summed E-state index contributed by atoms with van der Waals surface area (Å²) in [7, 11) is 0. The Bertz CT molecular complexity index is 1100. The van der Waals surface area contributed by atoms with Crippen molar-refractivity contribution in [2.75, 3.05) is 0 Å². The molecule has 2 aliphatic rings. The van der Waals surface area contributed by atoms with Crippen molar-refractivity contribution >= 4 is 27.6 Å². The van der Waals surface area contributed by atoms with E-state index < -0.39 is 0 Å². The van der Waals surface area contributed by atoms with E-state index >= 15 is 0 Å². The third-order valence-corrected chi connectivity index (χ3v) is 5.42. The van der Waals surface area contributed by atoms with Crippen LogP contribution in [0.5, 0.6) is 0 Å². The van der Waals surface area contributed by atoms with Gasteiger partial charge in [0.25, 0.3) is 0 Å². The number of aromatic amines is 2. The highest BCUT2D eigenvalue weighted by Gasteiger charge is 2.23. The predicted octanol–water partition coefficient (Wildman–Crippen LogP) is 4.95. The number of Topliss-reactive ketones (excluding diaryl/α,β-unsaturated/α-hetero) is 1. The number of nitrogens with one attached hydrogen (secondary N) is 2. The topological polar surface area (TPSA) is 48.6 Å². The van der Waals surface area contributed by atoms with E-state index in [1.165, 1.54) is 35.9 Å². The number of ketones is 1. The fourth-order valence-electron chi connectivity index (χ4n) is 4.26. The number of rotatable bonds is 0. The van der Waals surface area contributed by atoms with Gasteiger partial charge in [0.05, 0.1) is 0 Å². The molecule has 3 heteroatoms. The summed E-state index contributed by atoms with van der Waals surface area (Å²) in [5, 5.41) is 2.52. The van der Waals surface area contributed by atoms with E-state index in [2.05, 4.69) is 34.2 Å². The standard InChI is InChI=1S/C11H9NO.C11H11N/c13-10-6-5-9-11(10)7-3-1-2-4-8(7)12-9;1-2-6-10-8(4-1)9-5-3-7-11(9)12-10/h1-4,12H,5-6H2;1-2,4,6,12H,3,5,7H2. The van der Waals surface area contributed by atoms with Crippen LogP contribution in [0.25, 0.3) is 21.8 Å². The van der Waals surface area contributed by atoms with Gasteiger partial charge in [0.2, 0.25) is 0 Å².